The monoisotopic (exact) mass is 304 g/mol. The molecule has 3 aromatic rings. The molecule has 23 heavy (non-hydrogen) atoms. The van der Waals surface area contributed by atoms with Gasteiger partial charge in [-0.2, -0.15) is 0 Å². The molecule has 0 atom stereocenters. The van der Waals surface area contributed by atoms with E-state index >= 15 is 0 Å². The molecule has 1 heterocycles. The van der Waals surface area contributed by atoms with Crippen LogP contribution in [0, 0.1) is 0 Å². The molecule has 0 radical (unpaired) electrons. The van der Waals surface area contributed by atoms with Crippen molar-refractivity contribution < 1.29 is 9.53 Å². The van der Waals surface area contributed by atoms with Crippen molar-refractivity contribution >= 4 is 5.91 Å². The Bertz CT molecular complexity index is 774. The molecule has 0 fully saturated rings. The normalized spacial score (nSPS) is 10.1. The molecule has 0 saturated heterocycles. The fourth-order valence-corrected chi connectivity index (χ4v) is 2.14. The molecular weight excluding hydrogens is 288 g/mol. The van der Waals surface area contributed by atoms with Gasteiger partial charge in [0.2, 0.25) is 0 Å². The first kappa shape index (κ1) is 14.8. The number of para-hydroxylation sites is 2. The van der Waals surface area contributed by atoms with Gasteiger partial charge >= 0.3 is 0 Å². The maximum absolute atomic E-state index is 12.4. The number of benzene rings is 2. The minimum Gasteiger partial charge on any atom is -0.457 e. The summed E-state index contributed by atoms with van der Waals surface area (Å²) in [5, 5.41) is 2.89. The van der Waals surface area contributed by atoms with E-state index in [0.717, 1.165) is 5.56 Å². The SMILES string of the molecule is O=C(NCc1ccncc1)c1ccccc1Oc1ccccc1. The average molecular weight is 304 g/mol. The number of carbonyl (C=O) groups is 1. The number of hydrogen-bond donors (Lipinski definition) is 1. The highest BCUT2D eigenvalue weighted by Gasteiger charge is 2.12. The van der Waals surface area contributed by atoms with E-state index < -0.39 is 0 Å². The molecular formula is C19H16N2O2. The number of amides is 1. The van der Waals surface area contributed by atoms with Crippen LogP contribution in [0.3, 0.4) is 0 Å². The van der Waals surface area contributed by atoms with Crippen molar-refractivity contribution in [2.45, 2.75) is 6.54 Å². The summed E-state index contributed by atoms with van der Waals surface area (Å²) in [6, 6.07) is 20.3. The maximum Gasteiger partial charge on any atom is 0.255 e. The van der Waals surface area contributed by atoms with Gasteiger partial charge in [0.05, 0.1) is 5.56 Å². The third-order valence-corrected chi connectivity index (χ3v) is 3.31. The molecule has 4 nitrogen and oxygen atoms in total. The summed E-state index contributed by atoms with van der Waals surface area (Å²) in [5.41, 5.74) is 1.50. The third kappa shape index (κ3) is 3.95. The first-order valence-electron chi connectivity index (χ1n) is 7.32. The second kappa shape index (κ2) is 7.22. The molecule has 114 valence electrons. The quantitative estimate of drug-likeness (QED) is 0.780. The highest BCUT2D eigenvalue weighted by Crippen LogP contribution is 2.24. The molecule has 0 unspecified atom stereocenters. The molecule has 0 saturated carbocycles. The van der Waals surface area contributed by atoms with E-state index in [-0.39, 0.29) is 5.91 Å². The van der Waals surface area contributed by atoms with Crippen LogP contribution in [0.25, 0.3) is 0 Å². The van der Waals surface area contributed by atoms with Gasteiger partial charge in [-0.25, -0.2) is 0 Å². The molecule has 2 aromatic carbocycles. The molecule has 0 bridgehead atoms. The van der Waals surface area contributed by atoms with Crippen LogP contribution < -0.4 is 10.1 Å². The van der Waals surface area contributed by atoms with Crippen LogP contribution >= 0.6 is 0 Å². The Morgan fingerprint density at radius 2 is 1.61 bits per heavy atom. The molecule has 0 aliphatic rings. The summed E-state index contributed by atoms with van der Waals surface area (Å²) >= 11 is 0. The van der Waals surface area contributed by atoms with Crippen LogP contribution in [-0.2, 0) is 6.54 Å². The number of carbonyl (C=O) groups excluding carboxylic acids is 1. The van der Waals surface area contributed by atoms with E-state index in [9.17, 15) is 4.79 Å². The molecule has 0 aliphatic carbocycles. The zero-order valence-corrected chi connectivity index (χ0v) is 12.5. The molecule has 1 amide bonds. The van der Waals surface area contributed by atoms with E-state index in [4.69, 9.17) is 4.74 Å². The van der Waals surface area contributed by atoms with Gasteiger partial charge in [-0.1, -0.05) is 30.3 Å². The predicted octanol–water partition coefficient (Wildman–Crippen LogP) is 3.80. The predicted molar refractivity (Wildman–Crippen MR) is 88.4 cm³/mol. The van der Waals surface area contributed by atoms with Gasteiger partial charge in [-0.15, -0.1) is 0 Å². The molecule has 3 rings (SSSR count). The van der Waals surface area contributed by atoms with E-state index in [2.05, 4.69) is 10.3 Å². The van der Waals surface area contributed by atoms with Gasteiger partial charge < -0.3 is 10.1 Å². The van der Waals surface area contributed by atoms with Gasteiger partial charge in [0.1, 0.15) is 11.5 Å². The van der Waals surface area contributed by atoms with Crippen LogP contribution in [0.15, 0.2) is 79.1 Å². The summed E-state index contributed by atoms with van der Waals surface area (Å²) in [6.45, 7) is 0.445. The lowest BCUT2D eigenvalue weighted by molar-refractivity contribution is 0.0948. The van der Waals surface area contributed by atoms with Crippen LogP contribution in [0.4, 0.5) is 0 Å². The van der Waals surface area contributed by atoms with Crippen molar-refractivity contribution in [2.24, 2.45) is 0 Å². The minimum absolute atomic E-state index is 0.173. The Morgan fingerprint density at radius 3 is 2.39 bits per heavy atom. The van der Waals surface area contributed by atoms with Crippen molar-refractivity contribution in [3.05, 3.63) is 90.3 Å². The molecule has 1 aromatic heterocycles. The van der Waals surface area contributed by atoms with Gasteiger partial charge in [0.15, 0.2) is 0 Å². The second-order valence-electron chi connectivity index (χ2n) is 4.95. The fraction of sp³-hybridized carbons (Fsp3) is 0.0526. The van der Waals surface area contributed by atoms with E-state index in [0.29, 0.717) is 23.6 Å². The van der Waals surface area contributed by atoms with Gasteiger partial charge in [-0.05, 0) is 42.0 Å². The van der Waals surface area contributed by atoms with Crippen LogP contribution in [0.5, 0.6) is 11.5 Å². The first-order valence-corrected chi connectivity index (χ1v) is 7.32. The number of aromatic nitrogens is 1. The van der Waals surface area contributed by atoms with Crippen LogP contribution in [0.1, 0.15) is 15.9 Å². The average Bonchev–Trinajstić information content (AvgIpc) is 2.62. The fourth-order valence-electron chi connectivity index (χ4n) is 2.14. The Balaban J connectivity index is 1.73. The van der Waals surface area contributed by atoms with Crippen molar-refractivity contribution in [3.8, 4) is 11.5 Å². The smallest absolute Gasteiger partial charge is 0.255 e. The zero-order chi connectivity index (χ0) is 15.9. The van der Waals surface area contributed by atoms with Crippen LogP contribution in [0.2, 0.25) is 0 Å². The molecule has 0 aliphatic heterocycles. The number of nitrogens with zero attached hydrogens (tertiary/aromatic N) is 1. The second-order valence-corrected chi connectivity index (χ2v) is 4.95. The summed E-state index contributed by atoms with van der Waals surface area (Å²) in [4.78, 5) is 16.4. The van der Waals surface area contributed by atoms with Crippen molar-refractivity contribution in [1.29, 1.82) is 0 Å². The highest BCUT2D eigenvalue weighted by atomic mass is 16.5. The van der Waals surface area contributed by atoms with Crippen LogP contribution in [-0.4, -0.2) is 10.9 Å². The standard InChI is InChI=1S/C19H16N2O2/c22-19(21-14-15-10-12-20-13-11-15)17-8-4-5-9-18(17)23-16-6-2-1-3-7-16/h1-13H,14H2,(H,21,22). The van der Waals surface area contributed by atoms with E-state index in [1.165, 1.54) is 0 Å². The Morgan fingerprint density at radius 1 is 0.913 bits per heavy atom. The molecule has 1 N–H and O–H groups in total. The Kier molecular flexibility index (Phi) is 4.64. The number of pyridine rings is 1. The van der Waals surface area contributed by atoms with Crippen molar-refractivity contribution in [1.82, 2.24) is 10.3 Å². The number of ether oxygens (including phenoxy) is 1. The van der Waals surface area contributed by atoms with E-state index in [1.807, 2.05) is 54.6 Å². The first-order chi connectivity index (χ1) is 11.3. The Labute approximate surface area is 134 Å². The van der Waals surface area contributed by atoms with Gasteiger partial charge in [0, 0.05) is 18.9 Å². The number of nitrogens with one attached hydrogen (secondary N) is 1. The van der Waals surface area contributed by atoms with Crippen molar-refractivity contribution in [3.63, 3.8) is 0 Å². The molecule has 0 spiro atoms. The van der Waals surface area contributed by atoms with Crippen molar-refractivity contribution in [2.75, 3.05) is 0 Å². The summed E-state index contributed by atoms with van der Waals surface area (Å²) in [7, 11) is 0. The summed E-state index contributed by atoms with van der Waals surface area (Å²) in [6.07, 6.45) is 3.40. The van der Waals surface area contributed by atoms with Gasteiger partial charge in [-0.3, -0.25) is 9.78 Å². The largest absolute Gasteiger partial charge is 0.457 e. The highest BCUT2D eigenvalue weighted by molar-refractivity contribution is 5.96. The van der Waals surface area contributed by atoms with Gasteiger partial charge in [0.25, 0.3) is 5.91 Å². The lowest BCUT2D eigenvalue weighted by Crippen LogP contribution is -2.23. The Hall–Kier alpha value is -3.14. The maximum atomic E-state index is 12.4. The van der Waals surface area contributed by atoms with E-state index in [1.54, 1.807) is 24.5 Å². The zero-order valence-electron chi connectivity index (χ0n) is 12.5. The minimum atomic E-state index is -0.173. The number of rotatable bonds is 5. The summed E-state index contributed by atoms with van der Waals surface area (Å²) in [5.74, 6) is 1.06. The lowest BCUT2D eigenvalue weighted by Gasteiger charge is -2.11. The summed E-state index contributed by atoms with van der Waals surface area (Å²) < 4.78 is 5.81. The topological polar surface area (TPSA) is 51.2 Å². The third-order valence-electron chi connectivity index (χ3n) is 3.31. The number of hydrogen-bond acceptors (Lipinski definition) is 3. The lowest BCUT2D eigenvalue weighted by atomic mass is 10.1. The molecule has 4 heteroatoms.